The summed E-state index contributed by atoms with van der Waals surface area (Å²) in [5, 5.41) is 2.68. The number of aromatic nitrogens is 1. The molecule has 1 aromatic heterocycles. The fraction of sp³-hybridized carbons (Fsp3) is 0.571. The van der Waals surface area contributed by atoms with E-state index in [1.165, 1.54) is 6.20 Å². The van der Waals surface area contributed by atoms with Crippen LogP contribution in [0.2, 0.25) is 0 Å². The molecule has 1 amide bonds. The van der Waals surface area contributed by atoms with Gasteiger partial charge in [-0.3, -0.25) is 9.78 Å². The van der Waals surface area contributed by atoms with Crippen molar-refractivity contribution in [2.75, 3.05) is 13.2 Å². The lowest BCUT2D eigenvalue weighted by Crippen LogP contribution is -2.33. The summed E-state index contributed by atoms with van der Waals surface area (Å²) in [5.41, 5.74) is 6.04. The molecule has 0 aromatic carbocycles. The van der Waals surface area contributed by atoms with Crippen LogP contribution in [0.5, 0.6) is 0 Å². The maximum Gasteiger partial charge on any atom is 0.253 e. The zero-order valence-electron chi connectivity index (χ0n) is 11.3. The lowest BCUT2D eigenvalue weighted by molar-refractivity contribution is 0.0267. The molecule has 0 aliphatic heterocycles. The van der Waals surface area contributed by atoms with Crippen LogP contribution in [0.3, 0.4) is 0 Å². The summed E-state index contributed by atoms with van der Waals surface area (Å²) in [6, 6.07) is 1.46. The van der Waals surface area contributed by atoms with Crippen LogP contribution in [-0.2, 0) is 4.74 Å². The SMILES string of the molecule is NC1CCC(OCCNC(=O)c2cncc(F)c2)CC1. The van der Waals surface area contributed by atoms with Gasteiger partial charge in [-0.1, -0.05) is 0 Å². The van der Waals surface area contributed by atoms with Crippen LogP contribution in [0.25, 0.3) is 0 Å². The van der Waals surface area contributed by atoms with Gasteiger partial charge < -0.3 is 15.8 Å². The number of ether oxygens (including phenoxy) is 1. The van der Waals surface area contributed by atoms with Gasteiger partial charge in [-0.15, -0.1) is 0 Å². The first kappa shape index (κ1) is 14.9. The van der Waals surface area contributed by atoms with Crippen LogP contribution in [-0.4, -0.2) is 36.2 Å². The second-order valence-electron chi connectivity index (χ2n) is 5.06. The Balaban J connectivity index is 1.64. The molecular weight excluding hydrogens is 261 g/mol. The first-order valence-electron chi connectivity index (χ1n) is 6.91. The topological polar surface area (TPSA) is 77.2 Å². The van der Waals surface area contributed by atoms with Gasteiger partial charge in [0.2, 0.25) is 0 Å². The highest BCUT2D eigenvalue weighted by atomic mass is 19.1. The van der Waals surface area contributed by atoms with E-state index in [9.17, 15) is 9.18 Å². The number of pyridine rings is 1. The zero-order chi connectivity index (χ0) is 14.4. The van der Waals surface area contributed by atoms with E-state index < -0.39 is 5.82 Å². The number of amides is 1. The molecule has 0 spiro atoms. The van der Waals surface area contributed by atoms with Gasteiger partial charge in [0, 0.05) is 18.8 Å². The monoisotopic (exact) mass is 281 g/mol. The lowest BCUT2D eigenvalue weighted by atomic mass is 9.94. The number of halogens is 1. The van der Waals surface area contributed by atoms with E-state index in [-0.39, 0.29) is 17.6 Å². The van der Waals surface area contributed by atoms with Gasteiger partial charge >= 0.3 is 0 Å². The average molecular weight is 281 g/mol. The number of rotatable bonds is 5. The van der Waals surface area contributed by atoms with Crippen LogP contribution >= 0.6 is 0 Å². The van der Waals surface area contributed by atoms with Gasteiger partial charge in [-0.25, -0.2) is 4.39 Å². The minimum atomic E-state index is -0.521. The Bertz CT molecular complexity index is 448. The van der Waals surface area contributed by atoms with Crippen molar-refractivity contribution < 1.29 is 13.9 Å². The molecule has 1 aliphatic rings. The average Bonchev–Trinajstić information content (AvgIpc) is 2.45. The van der Waals surface area contributed by atoms with Gasteiger partial charge in [0.15, 0.2) is 0 Å². The van der Waals surface area contributed by atoms with Gasteiger partial charge in [0.25, 0.3) is 5.91 Å². The Morgan fingerprint density at radius 1 is 1.40 bits per heavy atom. The molecule has 1 aromatic rings. The molecule has 3 N–H and O–H groups in total. The number of nitrogens with zero attached hydrogens (tertiary/aromatic N) is 1. The highest BCUT2D eigenvalue weighted by Crippen LogP contribution is 2.19. The Morgan fingerprint density at radius 3 is 2.85 bits per heavy atom. The van der Waals surface area contributed by atoms with E-state index in [1.807, 2.05) is 0 Å². The van der Waals surface area contributed by atoms with Crippen LogP contribution in [0.4, 0.5) is 4.39 Å². The largest absolute Gasteiger partial charge is 0.376 e. The maximum atomic E-state index is 12.9. The molecule has 1 heterocycles. The minimum Gasteiger partial charge on any atom is -0.376 e. The van der Waals surface area contributed by atoms with Crippen molar-refractivity contribution >= 4 is 5.91 Å². The predicted octanol–water partition coefficient (Wildman–Crippen LogP) is 1.24. The first-order valence-corrected chi connectivity index (χ1v) is 6.91. The Kier molecular flexibility index (Phi) is 5.43. The predicted molar refractivity (Wildman–Crippen MR) is 72.7 cm³/mol. The molecule has 0 saturated heterocycles. The third-order valence-corrected chi connectivity index (χ3v) is 3.43. The number of nitrogens with one attached hydrogen (secondary N) is 1. The minimum absolute atomic E-state index is 0.216. The molecular formula is C14H20FN3O2. The summed E-state index contributed by atoms with van der Waals surface area (Å²) < 4.78 is 18.6. The third kappa shape index (κ3) is 4.54. The summed E-state index contributed by atoms with van der Waals surface area (Å²) in [5.74, 6) is -0.862. The summed E-state index contributed by atoms with van der Waals surface area (Å²) in [7, 11) is 0. The summed E-state index contributed by atoms with van der Waals surface area (Å²) in [6.07, 6.45) is 6.57. The van der Waals surface area contributed by atoms with Crippen molar-refractivity contribution in [1.82, 2.24) is 10.3 Å². The normalized spacial score (nSPS) is 22.5. The summed E-state index contributed by atoms with van der Waals surface area (Å²) in [4.78, 5) is 15.3. The number of carbonyl (C=O) groups is 1. The number of carbonyl (C=O) groups excluding carboxylic acids is 1. The number of hydrogen-bond donors (Lipinski definition) is 2. The van der Waals surface area contributed by atoms with E-state index in [0.29, 0.717) is 19.2 Å². The van der Waals surface area contributed by atoms with Gasteiger partial charge in [-0.2, -0.15) is 0 Å². The summed E-state index contributed by atoms with van der Waals surface area (Å²) in [6.45, 7) is 0.853. The molecule has 5 nitrogen and oxygen atoms in total. The highest BCUT2D eigenvalue weighted by Gasteiger charge is 2.18. The first-order chi connectivity index (χ1) is 9.65. The van der Waals surface area contributed by atoms with Crippen molar-refractivity contribution in [2.24, 2.45) is 5.73 Å². The molecule has 0 bridgehead atoms. The van der Waals surface area contributed by atoms with E-state index in [2.05, 4.69) is 10.3 Å². The molecule has 2 rings (SSSR count). The van der Waals surface area contributed by atoms with Crippen molar-refractivity contribution in [3.8, 4) is 0 Å². The number of hydrogen-bond acceptors (Lipinski definition) is 4. The molecule has 0 unspecified atom stereocenters. The zero-order valence-corrected chi connectivity index (χ0v) is 11.3. The molecule has 1 saturated carbocycles. The van der Waals surface area contributed by atoms with Crippen molar-refractivity contribution in [1.29, 1.82) is 0 Å². The molecule has 1 aliphatic carbocycles. The van der Waals surface area contributed by atoms with Crippen molar-refractivity contribution in [3.63, 3.8) is 0 Å². The maximum absolute atomic E-state index is 12.9. The van der Waals surface area contributed by atoms with E-state index in [1.54, 1.807) is 0 Å². The third-order valence-electron chi connectivity index (χ3n) is 3.43. The van der Waals surface area contributed by atoms with E-state index in [0.717, 1.165) is 37.9 Å². The van der Waals surface area contributed by atoms with Crippen LogP contribution < -0.4 is 11.1 Å². The van der Waals surface area contributed by atoms with Crippen LogP contribution in [0, 0.1) is 5.82 Å². The molecule has 110 valence electrons. The van der Waals surface area contributed by atoms with E-state index in [4.69, 9.17) is 10.5 Å². The second kappa shape index (κ2) is 7.31. The number of nitrogens with two attached hydrogens (primary N) is 1. The summed E-state index contributed by atoms with van der Waals surface area (Å²) >= 11 is 0. The smallest absolute Gasteiger partial charge is 0.253 e. The molecule has 0 atom stereocenters. The quantitative estimate of drug-likeness (QED) is 0.796. The van der Waals surface area contributed by atoms with Gasteiger partial charge in [-0.05, 0) is 31.7 Å². The molecule has 1 fully saturated rings. The molecule has 20 heavy (non-hydrogen) atoms. The van der Waals surface area contributed by atoms with Crippen molar-refractivity contribution in [2.45, 2.75) is 37.8 Å². The Hall–Kier alpha value is -1.53. The standard InChI is InChI=1S/C14H20FN3O2/c15-11-7-10(8-17-9-11)14(19)18-5-6-20-13-3-1-12(16)2-4-13/h7-9,12-13H,1-6,16H2,(H,18,19). The van der Waals surface area contributed by atoms with Gasteiger partial charge in [0.1, 0.15) is 5.82 Å². The fourth-order valence-corrected chi connectivity index (χ4v) is 2.28. The van der Waals surface area contributed by atoms with Crippen LogP contribution in [0.1, 0.15) is 36.0 Å². The molecule has 6 heteroatoms. The van der Waals surface area contributed by atoms with Crippen molar-refractivity contribution in [3.05, 3.63) is 29.8 Å². The van der Waals surface area contributed by atoms with E-state index >= 15 is 0 Å². The van der Waals surface area contributed by atoms with Gasteiger partial charge in [0.05, 0.1) is 24.5 Å². The lowest BCUT2D eigenvalue weighted by Gasteiger charge is -2.26. The second-order valence-corrected chi connectivity index (χ2v) is 5.06. The van der Waals surface area contributed by atoms with Crippen LogP contribution in [0.15, 0.2) is 18.5 Å². The molecule has 0 radical (unpaired) electrons. The Morgan fingerprint density at radius 2 is 2.15 bits per heavy atom. The fourth-order valence-electron chi connectivity index (χ4n) is 2.28. The Labute approximate surface area is 117 Å². The highest BCUT2D eigenvalue weighted by molar-refractivity contribution is 5.93.